The fraction of sp³-hybridized carbons (Fsp3) is 0.136. The summed E-state index contributed by atoms with van der Waals surface area (Å²) in [7, 11) is 0. The van der Waals surface area contributed by atoms with Crippen LogP contribution in [0.25, 0.3) is 21.7 Å². The third-order valence-corrected chi connectivity index (χ3v) is 4.56. The number of esters is 1. The summed E-state index contributed by atoms with van der Waals surface area (Å²) in [6.07, 6.45) is 0. The average molecular weight is 390 g/mol. The van der Waals surface area contributed by atoms with Crippen LogP contribution in [-0.4, -0.2) is 23.5 Å². The van der Waals surface area contributed by atoms with E-state index in [9.17, 15) is 14.4 Å². The molecule has 0 saturated carbocycles. The van der Waals surface area contributed by atoms with Crippen molar-refractivity contribution in [2.45, 2.75) is 13.0 Å². The molecule has 0 unspecified atom stereocenters. The second kappa shape index (κ2) is 7.63. The number of aromatic amines is 1. The van der Waals surface area contributed by atoms with Gasteiger partial charge in [-0.15, -0.1) is 0 Å². The third-order valence-electron chi connectivity index (χ3n) is 4.56. The SMILES string of the molecule is C[C@H](NC(=O)COC(=O)c1cc2ccccc2c(=O)[nH]1)c1cc2ccccc2o1. The molecule has 2 aromatic carbocycles. The van der Waals surface area contributed by atoms with Crippen LogP contribution in [0.1, 0.15) is 29.2 Å². The van der Waals surface area contributed by atoms with E-state index in [0.717, 1.165) is 11.0 Å². The van der Waals surface area contributed by atoms with Crippen molar-refractivity contribution in [3.8, 4) is 0 Å². The summed E-state index contributed by atoms with van der Waals surface area (Å²) < 4.78 is 10.8. The van der Waals surface area contributed by atoms with Crippen molar-refractivity contribution in [1.29, 1.82) is 0 Å². The van der Waals surface area contributed by atoms with E-state index in [1.165, 1.54) is 6.07 Å². The monoisotopic (exact) mass is 390 g/mol. The van der Waals surface area contributed by atoms with Gasteiger partial charge in [0.1, 0.15) is 17.0 Å². The number of H-pyrrole nitrogens is 1. The van der Waals surface area contributed by atoms with Crippen LogP contribution < -0.4 is 10.9 Å². The zero-order valence-corrected chi connectivity index (χ0v) is 15.6. The van der Waals surface area contributed by atoms with Crippen molar-refractivity contribution in [3.05, 3.63) is 82.5 Å². The number of carbonyl (C=O) groups excluding carboxylic acids is 2. The van der Waals surface area contributed by atoms with Gasteiger partial charge in [0, 0.05) is 10.8 Å². The smallest absolute Gasteiger partial charge is 0.355 e. The molecule has 0 fully saturated rings. The fourth-order valence-corrected chi connectivity index (χ4v) is 3.10. The minimum atomic E-state index is -0.778. The highest BCUT2D eigenvalue weighted by Gasteiger charge is 2.17. The lowest BCUT2D eigenvalue weighted by Crippen LogP contribution is -2.31. The maximum Gasteiger partial charge on any atom is 0.355 e. The van der Waals surface area contributed by atoms with E-state index in [1.54, 1.807) is 31.2 Å². The fourth-order valence-electron chi connectivity index (χ4n) is 3.10. The van der Waals surface area contributed by atoms with Gasteiger partial charge in [-0.3, -0.25) is 9.59 Å². The van der Waals surface area contributed by atoms with Crippen LogP contribution in [0.15, 0.2) is 69.9 Å². The Hall–Kier alpha value is -3.87. The number of rotatable bonds is 5. The molecule has 4 rings (SSSR count). The number of benzene rings is 2. The number of fused-ring (bicyclic) bond motifs is 2. The number of amides is 1. The molecule has 0 bridgehead atoms. The Bertz CT molecular complexity index is 1240. The van der Waals surface area contributed by atoms with Crippen molar-refractivity contribution in [2.75, 3.05) is 6.61 Å². The van der Waals surface area contributed by atoms with Crippen LogP contribution in [0.4, 0.5) is 0 Å². The van der Waals surface area contributed by atoms with Crippen molar-refractivity contribution in [2.24, 2.45) is 0 Å². The van der Waals surface area contributed by atoms with Crippen LogP contribution in [-0.2, 0) is 9.53 Å². The first-order chi connectivity index (χ1) is 14.0. The summed E-state index contributed by atoms with van der Waals surface area (Å²) in [6, 6.07) is 17.4. The number of aromatic nitrogens is 1. The van der Waals surface area contributed by atoms with Gasteiger partial charge in [0.05, 0.1) is 6.04 Å². The number of hydrogen-bond acceptors (Lipinski definition) is 5. The highest BCUT2D eigenvalue weighted by Crippen LogP contribution is 2.23. The summed E-state index contributed by atoms with van der Waals surface area (Å²) in [4.78, 5) is 38.9. The topological polar surface area (TPSA) is 101 Å². The minimum absolute atomic E-state index is 0.00756. The number of para-hydroxylation sites is 1. The first kappa shape index (κ1) is 18.5. The molecule has 2 heterocycles. The summed E-state index contributed by atoms with van der Waals surface area (Å²) in [5.41, 5.74) is 0.333. The average Bonchev–Trinajstić information content (AvgIpc) is 3.16. The lowest BCUT2D eigenvalue weighted by Gasteiger charge is -2.11. The molecule has 1 amide bonds. The molecule has 1 atom stereocenters. The van der Waals surface area contributed by atoms with Crippen molar-refractivity contribution < 1.29 is 18.7 Å². The molecule has 2 aromatic heterocycles. The normalized spacial score (nSPS) is 12.0. The van der Waals surface area contributed by atoms with Crippen molar-refractivity contribution in [3.63, 3.8) is 0 Å². The molecule has 29 heavy (non-hydrogen) atoms. The Morgan fingerprint density at radius 1 is 1.07 bits per heavy atom. The first-order valence-electron chi connectivity index (χ1n) is 9.08. The number of carbonyl (C=O) groups is 2. The molecule has 0 aliphatic heterocycles. The van der Waals surface area contributed by atoms with Gasteiger partial charge < -0.3 is 19.5 Å². The standard InChI is InChI=1S/C22H18N2O5/c1-13(19-11-15-7-3-5-9-18(15)29-19)23-20(25)12-28-22(27)17-10-14-6-2-4-8-16(14)21(26)24-17/h2-11,13H,12H2,1H3,(H,23,25)(H,24,26)/t13-/m0/s1. The number of pyridine rings is 1. The highest BCUT2D eigenvalue weighted by atomic mass is 16.5. The lowest BCUT2D eigenvalue weighted by atomic mass is 10.1. The van der Waals surface area contributed by atoms with Crippen LogP contribution in [0.5, 0.6) is 0 Å². The predicted octanol–water partition coefficient (Wildman–Crippen LogP) is 3.31. The van der Waals surface area contributed by atoms with Gasteiger partial charge in [-0.2, -0.15) is 0 Å². The van der Waals surface area contributed by atoms with Gasteiger partial charge in [-0.1, -0.05) is 36.4 Å². The molecule has 7 nitrogen and oxygen atoms in total. The van der Waals surface area contributed by atoms with E-state index in [0.29, 0.717) is 16.5 Å². The van der Waals surface area contributed by atoms with E-state index in [1.807, 2.05) is 30.3 Å². The number of furan rings is 1. The Labute approximate surface area is 165 Å². The van der Waals surface area contributed by atoms with Gasteiger partial charge >= 0.3 is 5.97 Å². The molecule has 0 aliphatic rings. The number of ether oxygens (including phenoxy) is 1. The number of nitrogens with one attached hydrogen (secondary N) is 2. The molecular weight excluding hydrogens is 372 g/mol. The Morgan fingerprint density at radius 2 is 1.79 bits per heavy atom. The molecule has 2 N–H and O–H groups in total. The summed E-state index contributed by atoms with van der Waals surface area (Å²) in [6.45, 7) is 1.30. The first-order valence-corrected chi connectivity index (χ1v) is 9.08. The maximum absolute atomic E-state index is 12.2. The zero-order chi connectivity index (χ0) is 20.4. The predicted molar refractivity (Wildman–Crippen MR) is 108 cm³/mol. The summed E-state index contributed by atoms with van der Waals surface area (Å²) in [5, 5.41) is 4.75. The Morgan fingerprint density at radius 3 is 2.59 bits per heavy atom. The molecule has 0 saturated heterocycles. The van der Waals surface area contributed by atoms with Crippen molar-refractivity contribution >= 4 is 33.6 Å². The molecule has 0 spiro atoms. The Kier molecular flexibility index (Phi) is 4.87. The van der Waals surface area contributed by atoms with Gasteiger partial charge in [0.25, 0.3) is 11.5 Å². The maximum atomic E-state index is 12.2. The Balaban J connectivity index is 1.39. The lowest BCUT2D eigenvalue weighted by molar-refractivity contribution is -0.125. The second-order valence-electron chi connectivity index (χ2n) is 6.65. The summed E-state index contributed by atoms with van der Waals surface area (Å²) in [5.74, 6) is -0.654. The van der Waals surface area contributed by atoms with Crippen LogP contribution >= 0.6 is 0 Å². The zero-order valence-electron chi connectivity index (χ0n) is 15.6. The van der Waals surface area contributed by atoms with Gasteiger partial charge in [-0.05, 0) is 36.6 Å². The van der Waals surface area contributed by atoms with Crippen LogP contribution in [0, 0.1) is 0 Å². The van der Waals surface area contributed by atoms with E-state index in [2.05, 4.69) is 10.3 Å². The quantitative estimate of drug-likeness (QED) is 0.509. The van der Waals surface area contributed by atoms with Gasteiger partial charge in [0.15, 0.2) is 6.61 Å². The van der Waals surface area contributed by atoms with Gasteiger partial charge in [-0.25, -0.2) is 4.79 Å². The number of hydrogen-bond donors (Lipinski definition) is 2. The molecule has 0 aliphatic carbocycles. The van der Waals surface area contributed by atoms with E-state index in [-0.39, 0.29) is 5.69 Å². The molecular formula is C22H18N2O5. The second-order valence-corrected chi connectivity index (χ2v) is 6.65. The van der Waals surface area contributed by atoms with E-state index >= 15 is 0 Å². The minimum Gasteiger partial charge on any atom is -0.459 e. The molecule has 4 aromatic rings. The third kappa shape index (κ3) is 3.89. The van der Waals surface area contributed by atoms with Crippen LogP contribution in [0.2, 0.25) is 0 Å². The van der Waals surface area contributed by atoms with Gasteiger partial charge in [0.2, 0.25) is 0 Å². The summed E-state index contributed by atoms with van der Waals surface area (Å²) >= 11 is 0. The van der Waals surface area contributed by atoms with E-state index < -0.39 is 30.1 Å². The highest BCUT2D eigenvalue weighted by molar-refractivity contribution is 5.94. The molecule has 7 heteroatoms. The van der Waals surface area contributed by atoms with E-state index in [4.69, 9.17) is 9.15 Å². The van der Waals surface area contributed by atoms with Crippen LogP contribution in [0.3, 0.4) is 0 Å². The van der Waals surface area contributed by atoms with Crippen molar-refractivity contribution in [1.82, 2.24) is 10.3 Å². The largest absolute Gasteiger partial charge is 0.459 e. The molecule has 146 valence electrons. The molecule has 0 radical (unpaired) electrons.